The van der Waals surface area contributed by atoms with Gasteiger partial charge in [-0.25, -0.2) is 9.97 Å². The Morgan fingerprint density at radius 1 is 1.00 bits per heavy atom. The maximum atomic E-state index is 11.2. The van der Waals surface area contributed by atoms with Gasteiger partial charge in [-0.1, -0.05) is 30.3 Å². The van der Waals surface area contributed by atoms with Gasteiger partial charge in [0.1, 0.15) is 0 Å². The standard InChI is InChI=1S/C16H12N2O3/c1-11(19)20-14-8-7-12-5-2-3-6-13(12)15(14)21-16-17-9-4-10-18-16/h2-10H,1H3. The second-order valence-corrected chi connectivity index (χ2v) is 4.34. The average molecular weight is 280 g/mol. The smallest absolute Gasteiger partial charge is 0.322 e. The lowest BCUT2D eigenvalue weighted by molar-refractivity contribution is -0.131. The van der Waals surface area contributed by atoms with Crippen molar-refractivity contribution in [2.24, 2.45) is 0 Å². The summed E-state index contributed by atoms with van der Waals surface area (Å²) in [4.78, 5) is 19.3. The van der Waals surface area contributed by atoms with Crippen LogP contribution < -0.4 is 9.47 Å². The first-order chi connectivity index (χ1) is 10.2. The van der Waals surface area contributed by atoms with E-state index in [-0.39, 0.29) is 6.01 Å². The minimum Gasteiger partial charge on any atom is -0.423 e. The highest BCUT2D eigenvalue weighted by Crippen LogP contribution is 2.37. The fraction of sp³-hybridized carbons (Fsp3) is 0.0625. The van der Waals surface area contributed by atoms with E-state index in [2.05, 4.69) is 9.97 Å². The highest BCUT2D eigenvalue weighted by Gasteiger charge is 2.14. The lowest BCUT2D eigenvalue weighted by Crippen LogP contribution is -2.03. The van der Waals surface area contributed by atoms with Crippen LogP contribution in [0.4, 0.5) is 0 Å². The van der Waals surface area contributed by atoms with Crippen LogP contribution in [0.3, 0.4) is 0 Å². The number of nitrogens with zero attached hydrogens (tertiary/aromatic N) is 2. The monoisotopic (exact) mass is 280 g/mol. The number of rotatable bonds is 3. The van der Waals surface area contributed by atoms with Crippen LogP contribution in [0.25, 0.3) is 10.8 Å². The Kier molecular flexibility index (Phi) is 3.47. The Bertz CT molecular complexity index is 788. The van der Waals surface area contributed by atoms with Gasteiger partial charge in [-0.15, -0.1) is 0 Å². The molecule has 3 rings (SSSR count). The van der Waals surface area contributed by atoms with Gasteiger partial charge < -0.3 is 9.47 Å². The Morgan fingerprint density at radius 2 is 1.76 bits per heavy atom. The van der Waals surface area contributed by atoms with Crippen LogP contribution in [0.15, 0.2) is 54.9 Å². The molecule has 0 N–H and O–H groups in total. The number of fused-ring (bicyclic) bond motifs is 1. The third kappa shape index (κ3) is 2.81. The van der Waals surface area contributed by atoms with Crippen molar-refractivity contribution in [2.75, 3.05) is 0 Å². The maximum absolute atomic E-state index is 11.2. The van der Waals surface area contributed by atoms with E-state index in [4.69, 9.17) is 9.47 Å². The molecule has 1 aromatic heterocycles. The fourth-order valence-electron chi connectivity index (χ4n) is 1.99. The summed E-state index contributed by atoms with van der Waals surface area (Å²) in [6.07, 6.45) is 3.16. The second kappa shape index (κ2) is 5.58. The van der Waals surface area contributed by atoms with E-state index in [9.17, 15) is 4.79 Å². The van der Waals surface area contributed by atoms with Gasteiger partial charge in [-0.05, 0) is 17.5 Å². The minimum absolute atomic E-state index is 0.197. The molecule has 2 aromatic carbocycles. The third-order valence-electron chi connectivity index (χ3n) is 2.83. The summed E-state index contributed by atoms with van der Waals surface area (Å²) in [6, 6.07) is 13.1. The van der Waals surface area contributed by atoms with E-state index in [1.54, 1.807) is 24.5 Å². The molecule has 0 radical (unpaired) electrons. The number of carbonyl (C=O) groups is 1. The molecule has 5 heteroatoms. The van der Waals surface area contributed by atoms with Crippen molar-refractivity contribution in [3.8, 4) is 17.5 Å². The first-order valence-corrected chi connectivity index (χ1v) is 6.39. The predicted molar refractivity (Wildman–Crippen MR) is 77.4 cm³/mol. The van der Waals surface area contributed by atoms with Gasteiger partial charge in [0.05, 0.1) is 0 Å². The van der Waals surface area contributed by atoms with Crippen LogP contribution >= 0.6 is 0 Å². The molecule has 0 bridgehead atoms. The van der Waals surface area contributed by atoms with E-state index >= 15 is 0 Å². The molecule has 0 amide bonds. The zero-order chi connectivity index (χ0) is 14.7. The normalized spacial score (nSPS) is 10.3. The van der Waals surface area contributed by atoms with Crippen LogP contribution in [0.2, 0.25) is 0 Å². The Hall–Kier alpha value is -2.95. The van der Waals surface area contributed by atoms with E-state index in [0.717, 1.165) is 10.8 Å². The Balaban J connectivity index is 2.13. The SMILES string of the molecule is CC(=O)Oc1ccc2ccccc2c1Oc1ncccn1. The van der Waals surface area contributed by atoms with Crippen LogP contribution in [-0.4, -0.2) is 15.9 Å². The Morgan fingerprint density at radius 3 is 2.52 bits per heavy atom. The summed E-state index contributed by atoms with van der Waals surface area (Å²) < 4.78 is 10.9. The molecule has 1 heterocycles. The molecule has 3 aromatic rings. The number of hydrogen-bond acceptors (Lipinski definition) is 5. The molecule has 104 valence electrons. The molecular weight excluding hydrogens is 268 g/mol. The number of ether oxygens (including phenoxy) is 2. The van der Waals surface area contributed by atoms with E-state index < -0.39 is 5.97 Å². The van der Waals surface area contributed by atoms with Gasteiger partial charge in [-0.3, -0.25) is 4.79 Å². The van der Waals surface area contributed by atoms with Crippen molar-refractivity contribution >= 4 is 16.7 Å². The largest absolute Gasteiger partial charge is 0.423 e. The van der Waals surface area contributed by atoms with Crippen LogP contribution in [0.5, 0.6) is 17.5 Å². The first kappa shape index (κ1) is 13.1. The molecule has 0 aliphatic rings. The molecule has 0 aliphatic carbocycles. The second-order valence-electron chi connectivity index (χ2n) is 4.34. The van der Waals surface area contributed by atoms with Crippen molar-refractivity contribution in [1.29, 1.82) is 0 Å². The molecule has 0 aliphatic heterocycles. The van der Waals surface area contributed by atoms with Gasteiger partial charge in [0, 0.05) is 24.7 Å². The molecule has 0 saturated carbocycles. The summed E-state index contributed by atoms with van der Waals surface area (Å²) in [7, 11) is 0. The van der Waals surface area contributed by atoms with Crippen LogP contribution in [0.1, 0.15) is 6.92 Å². The molecule has 0 fully saturated rings. The van der Waals surface area contributed by atoms with E-state index in [0.29, 0.717) is 11.5 Å². The quantitative estimate of drug-likeness (QED) is 0.544. The first-order valence-electron chi connectivity index (χ1n) is 6.39. The summed E-state index contributed by atoms with van der Waals surface area (Å²) in [6.45, 7) is 1.35. The van der Waals surface area contributed by atoms with Crippen molar-refractivity contribution in [2.45, 2.75) is 6.92 Å². The van der Waals surface area contributed by atoms with Crippen molar-refractivity contribution < 1.29 is 14.3 Å². The third-order valence-corrected chi connectivity index (χ3v) is 2.83. The minimum atomic E-state index is -0.413. The number of esters is 1. The highest BCUT2D eigenvalue weighted by molar-refractivity contribution is 5.91. The molecule has 0 saturated heterocycles. The zero-order valence-electron chi connectivity index (χ0n) is 11.3. The summed E-state index contributed by atoms with van der Waals surface area (Å²) in [5, 5.41) is 1.79. The Labute approximate surface area is 121 Å². The molecule has 5 nitrogen and oxygen atoms in total. The number of aromatic nitrogens is 2. The molecule has 21 heavy (non-hydrogen) atoms. The lowest BCUT2D eigenvalue weighted by atomic mass is 10.1. The summed E-state index contributed by atoms with van der Waals surface area (Å²) >= 11 is 0. The van der Waals surface area contributed by atoms with Crippen molar-refractivity contribution in [1.82, 2.24) is 9.97 Å². The van der Waals surface area contributed by atoms with Gasteiger partial charge in [0.15, 0.2) is 11.5 Å². The summed E-state index contributed by atoms with van der Waals surface area (Å²) in [5.41, 5.74) is 0. The predicted octanol–water partition coefficient (Wildman–Crippen LogP) is 3.35. The average Bonchev–Trinajstić information content (AvgIpc) is 2.50. The van der Waals surface area contributed by atoms with Crippen molar-refractivity contribution in [3.63, 3.8) is 0 Å². The van der Waals surface area contributed by atoms with E-state index in [1.165, 1.54) is 6.92 Å². The zero-order valence-corrected chi connectivity index (χ0v) is 11.3. The van der Waals surface area contributed by atoms with Gasteiger partial charge in [0.25, 0.3) is 0 Å². The van der Waals surface area contributed by atoms with Gasteiger partial charge >= 0.3 is 12.0 Å². The fourth-order valence-corrected chi connectivity index (χ4v) is 1.99. The van der Waals surface area contributed by atoms with Crippen LogP contribution in [0, 0.1) is 0 Å². The summed E-state index contributed by atoms with van der Waals surface area (Å²) in [5.74, 6) is 0.354. The number of carbonyl (C=O) groups excluding carboxylic acids is 1. The molecule has 0 spiro atoms. The lowest BCUT2D eigenvalue weighted by Gasteiger charge is -2.12. The molecular formula is C16H12N2O3. The van der Waals surface area contributed by atoms with E-state index in [1.807, 2.05) is 30.3 Å². The number of benzene rings is 2. The maximum Gasteiger partial charge on any atom is 0.322 e. The topological polar surface area (TPSA) is 61.3 Å². The molecule has 0 unspecified atom stereocenters. The molecule has 0 atom stereocenters. The van der Waals surface area contributed by atoms with Gasteiger partial charge in [-0.2, -0.15) is 0 Å². The van der Waals surface area contributed by atoms with Gasteiger partial charge in [0.2, 0.25) is 0 Å². The van der Waals surface area contributed by atoms with Crippen LogP contribution in [-0.2, 0) is 4.79 Å². The number of hydrogen-bond donors (Lipinski definition) is 0. The van der Waals surface area contributed by atoms with Crippen molar-refractivity contribution in [3.05, 3.63) is 54.9 Å². The highest BCUT2D eigenvalue weighted by atomic mass is 16.6.